The van der Waals surface area contributed by atoms with Crippen molar-refractivity contribution < 1.29 is 4.74 Å². The molecular formula is C16H18Cl2N2O. The van der Waals surface area contributed by atoms with Crippen molar-refractivity contribution in [3.63, 3.8) is 0 Å². The van der Waals surface area contributed by atoms with Crippen molar-refractivity contribution in [2.24, 2.45) is 0 Å². The lowest BCUT2D eigenvalue weighted by Gasteiger charge is -2.12. The van der Waals surface area contributed by atoms with Gasteiger partial charge in [-0.15, -0.1) is 0 Å². The van der Waals surface area contributed by atoms with E-state index in [0.29, 0.717) is 21.6 Å². The zero-order chi connectivity index (χ0) is 15.4. The summed E-state index contributed by atoms with van der Waals surface area (Å²) in [4.78, 5) is 4.51. The van der Waals surface area contributed by atoms with Crippen LogP contribution in [0, 0.1) is 0 Å². The van der Waals surface area contributed by atoms with Crippen molar-refractivity contribution in [1.29, 1.82) is 0 Å². The van der Waals surface area contributed by atoms with Gasteiger partial charge in [-0.05, 0) is 51.1 Å². The number of hydrogen-bond acceptors (Lipinski definition) is 3. The molecule has 0 atom stereocenters. The van der Waals surface area contributed by atoms with E-state index >= 15 is 0 Å². The molecule has 1 aromatic heterocycles. The highest BCUT2D eigenvalue weighted by Gasteiger charge is 2.11. The lowest BCUT2D eigenvalue weighted by atomic mass is 10.1. The van der Waals surface area contributed by atoms with Crippen LogP contribution in [0.3, 0.4) is 0 Å². The van der Waals surface area contributed by atoms with Crippen LogP contribution in [0.4, 0.5) is 5.82 Å². The van der Waals surface area contributed by atoms with Crippen molar-refractivity contribution in [1.82, 2.24) is 4.98 Å². The molecule has 0 aliphatic heterocycles. The smallest absolute Gasteiger partial charge is 0.145 e. The molecule has 2 aromatic rings. The lowest BCUT2D eigenvalue weighted by molar-refractivity contribution is 0.242. The maximum Gasteiger partial charge on any atom is 0.145 e. The Morgan fingerprint density at radius 3 is 2.38 bits per heavy atom. The predicted octanol–water partition coefficient (Wildman–Crippen LogP) is 5.27. The first-order valence-corrected chi connectivity index (χ1v) is 7.64. The topological polar surface area (TPSA) is 34.2 Å². The fourth-order valence-electron chi connectivity index (χ4n) is 1.92. The van der Waals surface area contributed by atoms with E-state index in [-0.39, 0.29) is 6.10 Å². The summed E-state index contributed by atoms with van der Waals surface area (Å²) in [6, 6.07) is 9.41. The van der Waals surface area contributed by atoms with Gasteiger partial charge in [0, 0.05) is 12.1 Å². The Hall–Kier alpha value is -1.45. The summed E-state index contributed by atoms with van der Waals surface area (Å²) >= 11 is 12.4. The number of halogens is 2. The summed E-state index contributed by atoms with van der Waals surface area (Å²) in [5, 5.41) is 4.17. The van der Waals surface area contributed by atoms with E-state index in [1.165, 1.54) is 0 Å². The predicted molar refractivity (Wildman–Crippen MR) is 89.6 cm³/mol. The molecule has 0 unspecified atom stereocenters. The summed E-state index contributed by atoms with van der Waals surface area (Å²) in [5.74, 6) is 1.46. The van der Waals surface area contributed by atoms with Gasteiger partial charge in [-0.3, -0.25) is 0 Å². The van der Waals surface area contributed by atoms with Crippen molar-refractivity contribution >= 4 is 29.0 Å². The minimum Gasteiger partial charge on any atom is -0.491 e. The van der Waals surface area contributed by atoms with Crippen LogP contribution >= 0.6 is 23.2 Å². The van der Waals surface area contributed by atoms with Gasteiger partial charge in [0.05, 0.1) is 21.8 Å². The largest absolute Gasteiger partial charge is 0.491 e. The normalized spacial score (nSPS) is 10.8. The summed E-state index contributed by atoms with van der Waals surface area (Å²) in [6.45, 7) is 6.72. The van der Waals surface area contributed by atoms with Gasteiger partial charge in [0.2, 0.25) is 0 Å². The van der Waals surface area contributed by atoms with Gasteiger partial charge in [0.1, 0.15) is 11.6 Å². The van der Waals surface area contributed by atoms with Crippen molar-refractivity contribution in [3.8, 4) is 17.0 Å². The molecule has 1 heterocycles. The Morgan fingerprint density at radius 2 is 1.81 bits per heavy atom. The van der Waals surface area contributed by atoms with Gasteiger partial charge >= 0.3 is 0 Å². The highest BCUT2D eigenvalue weighted by Crippen LogP contribution is 2.33. The molecule has 0 radical (unpaired) electrons. The molecule has 112 valence electrons. The first kappa shape index (κ1) is 15.9. The third kappa shape index (κ3) is 4.02. The second-order valence-corrected chi connectivity index (χ2v) is 5.68. The molecule has 1 N–H and O–H groups in total. The van der Waals surface area contributed by atoms with Gasteiger partial charge in [-0.1, -0.05) is 23.2 Å². The highest BCUT2D eigenvalue weighted by atomic mass is 35.5. The molecule has 0 saturated carbocycles. The minimum absolute atomic E-state index is 0.147. The number of rotatable bonds is 5. The molecule has 0 fully saturated rings. The number of nitrogens with one attached hydrogen (secondary N) is 1. The van der Waals surface area contributed by atoms with E-state index in [2.05, 4.69) is 10.3 Å². The standard InChI is InChI=1S/C16H18Cl2N2O/c1-4-19-16-14(18)9-13(17)15(20-16)11-5-7-12(8-6-11)21-10(2)3/h5-10H,4H2,1-3H3,(H,19,20). The maximum absolute atomic E-state index is 6.25. The van der Waals surface area contributed by atoms with Crippen LogP contribution in [0.5, 0.6) is 5.75 Å². The highest BCUT2D eigenvalue weighted by molar-refractivity contribution is 6.37. The van der Waals surface area contributed by atoms with Crippen LogP contribution in [-0.4, -0.2) is 17.6 Å². The Bertz CT molecular complexity index is 612. The Morgan fingerprint density at radius 1 is 1.14 bits per heavy atom. The maximum atomic E-state index is 6.25. The zero-order valence-corrected chi connectivity index (χ0v) is 13.8. The summed E-state index contributed by atoms with van der Waals surface area (Å²) in [5.41, 5.74) is 1.63. The quantitative estimate of drug-likeness (QED) is 0.812. The van der Waals surface area contributed by atoms with Crippen LogP contribution in [0.1, 0.15) is 20.8 Å². The summed E-state index contributed by atoms with van der Waals surface area (Å²) < 4.78 is 5.63. The molecular weight excluding hydrogens is 307 g/mol. The number of hydrogen-bond donors (Lipinski definition) is 1. The number of aromatic nitrogens is 1. The third-order valence-corrected chi connectivity index (χ3v) is 3.35. The fourth-order valence-corrected chi connectivity index (χ4v) is 2.46. The molecule has 2 rings (SSSR count). The first-order chi connectivity index (χ1) is 10.0. The minimum atomic E-state index is 0.147. The van der Waals surface area contributed by atoms with Gasteiger partial charge in [0.15, 0.2) is 0 Å². The van der Waals surface area contributed by atoms with Crippen LogP contribution in [0.15, 0.2) is 30.3 Å². The molecule has 0 amide bonds. The Kier molecular flexibility index (Phi) is 5.32. The van der Waals surface area contributed by atoms with Crippen molar-refractivity contribution in [2.75, 3.05) is 11.9 Å². The third-order valence-electron chi connectivity index (χ3n) is 2.77. The Balaban J connectivity index is 2.34. The van der Waals surface area contributed by atoms with Crippen molar-refractivity contribution in [3.05, 3.63) is 40.4 Å². The average molecular weight is 325 g/mol. The number of ether oxygens (including phenoxy) is 1. The number of anilines is 1. The number of pyridine rings is 1. The lowest BCUT2D eigenvalue weighted by Crippen LogP contribution is -2.05. The van der Waals surface area contributed by atoms with Crippen LogP contribution in [0.25, 0.3) is 11.3 Å². The van der Waals surface area contributed by atoms with E-state index in [4.69, 9.17) is 27.9 Å². The summed E-state index contributed by atoms with van der Waals surface area (Å²) in [6.07, 6.45) is 0.147. The average Bonchev–Trinajstić information content (AvgIpc) is 2.42. The number of nitrogens with zero attached hydrogens (tertiary/aromatic N) is 1. The second kappa shape index (κ2) is 7.01. The van der Waals surface area contributed by atoms with Crippen LogP contribution in [-0.2, 0) is 0 Å². The zero-order valence-electron chi connectivity index (χ0n) is 12.3. The molecule has 0 aliphatic rings. The monoisotopic (exact) mass is 324 g/mol. The molecule has 3 nitrogen and oxygen atoms in total. The molecule has 5 heteroatoms. The first-order valence-electron chi connectivity index (χ1n) is 6.88. The molecule has 1 aromatic carbocycles. The molecule has 21 heavy (non-hydrogen) atoms. The van der Waals surface area contributed by atoms with Crippen LogP contribution in [0.2, 0.25) is 10.0 Å². The molecule has 0 bridgehead atoms. The second-order valence-electron chi connectivity index (χ2n) is 4.87. The van der Waals surface area contributed by atoms with Crippen molar-refractivity contribution in [2.45, 2.75) is 26.9 Å². The SMILES string of the molecule is CCNc1nc(-c2ccc(OC(C)C)cc2)c(Cl)cc1Cl. The van der Waals surface area contributed by atoms with E-state index in [1.54, 1.807) is 6.07 Å². The fraction of sp³-hybridized carbons (Fsp3) is 0.312. The molecule has 0 spiro atoms. The van der Waals surface area contributed by atoms with Gasteiger partial charge < -0.3 is 10.1 Å². The van der Waals surface area contributed by atoms with Crippen LogP contribution < -0.4 is 10.1 Å². The van der Waals surface area contributed by atoms with Gasteiger partial charge in [-0.25, -0.2) is 4.98 Å². The van der Waals surface area contributed by atoms with E-state index in [9.17, 15) is 0 Å². The van der Waals surface area contributed by atoms with E-state index in [1.807, 2.05) is 45.0 Å². The Labute approximate surface area is 135 Å². The number of benzene rings is 1. The molecule has 0 aliphatic carbocycles. The molecule has 0 saturated heterocycles. The van der Waals surface area contributed by atoms with E-state index < -0.39 is 0 Å². The van der Waals surface area contributed by atoms with E-state index in [0.717, 1.165) is 17.9 Å². The van der Waals surface area contributed by atoms with Gasteiger partial charge in [-0.2, -0.15) is 0 Å². The summed E-state index contributed by atoms with van der Waals surface area (Å²) in [7, 11) is 0. The van der Waals surface area contributed by atoms with Gasteiger partial charge in [0.25, 0.3) is 0 Å².